The van der Waals surface area contributed by atoms with Crippen LogP contribution in [0.4, 0.5) is 4.79 Å². The lowest BCUT2D eigenvalue weighted by molar-refractivity contribution is 0.0200. The molecule has 0 saturated carbocycles. The van der Waals surface area contributed by atoms with Gasteiger partial charge in [0.25, 0.3) is 0 Å². The summed E-state index contributed by atoms with van der Waals surface area (Å²) in [7, 11) is -1.09. The minimum absolute atomic E-state index is 0.102. The average molecular weight is 387 g/mol. The van der Waals surface area contributed by atoms with Crippen LogP contribution < -0.4 is 5.32 Å². The van der Waals surface area contributed by atoms with Crippen LogP contribution in [0, 0.1) is 5.92 Å². The van der Waals surface area contributed by atoms with Crippen LogP contribution >= 0.6 is 0 Å². The van der Waals surface area contributed by atoms with Gasteiger partial charge in [0.05, 0.1) is 21.5 Å². The summed E-state index contributed by atoms with van der Waals surface area (Å²) in [6.45, 7) is 4.07. The zero-order valence-corrected chi connectivity index (χ0v) is 16.7. The molecule has 2 aromatic carbocycles. The Morgan fingerprint density at radius 1 is 1.07 bits per heavy atom. The van der Waals surface area contributed by atoms with E-state index in [0.717, 1.165) is 5.56 Å². The highest BCUT2D eigenvalue weighted by Gasteiger charge is 2.42. The van der Waals surface area contributed by atoms with Gasteiger partial charge >= 0.3 is 6.09 Å². The predicted molar refractivity (Wildman–Crippen MR) is 107 cm³/mol. The molecule has 6 heteroatoms. The van der Waals surface area contributed by atoms with Crippen molar-refractivity contribution in [1.29, 1.82) is 0 Å². The van der Waals surface area contributed by atoms with E-state index in [4.69, 9.17) is 4.74 Å². The molecular weight excluding hydrogens is 360 g/mol. The van der Waals surface area contributed by atoms with Crippen LogP contribution in [0.2, 0.25) is 0 Å². The molecule has 1 saturated heterocycles. The number of nitrogens with zero attached hydrogens (tertiary/aromatic N) is 1. The van der Waals surface area contributed by atoms with Crippen molar-refractivity contribution in [2.24, 2.45) is 10.3 Å². The van der Waals surface area contributed by atoms with E-state index in [1.807, 2.05) is 74.5 Å². The minimum Gasteiger partial charge on any atom is -0.445 e. The molecular formula is C21H26N2O3S. The molecule has 1 amide bonds. The molecule has 0 radical (unpaired) electrons. The standard InChI is InChI=1S/C21H26N2O3S/c1-15(2)20-19(16-10-6-4-7-11-16)18(23-21(24)26-20)14-27(25,22-3)17-12-8-5-9-13-17/h4-13,15,18-20H,14H2,1-3H3,(H,23,24)/t18-,19-,20+,27?/m1/s1. The molecule has 1 heterocycles. The maximum Gasteiger partial charge on any atom is 0.407 e. The molecule has 1 aliphatic heterocycles. The summed E-state index contributed by atoms with van der Waals surface area (Å²) in [4.78, 5) is 12.9. The Hall–Kier alpha value is -2.34. The van der Waals surface area contributed by atoms with Crippen LogP contribution in [-0.2, 0) is 14.5 Å². The van der Waals surface area contributed by atoms with Gasteiger partial charge in [0.15, 0.2) is 0 Å². The fraction of sp³-hybridized carbons (Fsp3) is 0.381. The maximum atomic E-state index is 13.6. The Bertz CT molecular complexity index is 890. The van der Waals surface area contributed by atoms with E-state index in [-0.39, 0.29) is 29.7 Å². The molecule has 4 atom stereocenters. The van der Waals surface area contributed by atoms with E-state index in [1.165, 1.54) is 0 Å². The highest BCUT2D eigenvalue weighted by atomic mass is 32.2. The molecule has 2 aromatic rings. The van der Waals surface area contributed by atoms with Gasteiger partial charge in [0, 0.05) is 17.9 Å². The largest absolute Gasteiger partial charge is 0.445 e. The van der Waals surface area contributed by atoms with E-state index in [1.54, 1.807) is 7.05 Å². The van der Waals surface area contributed by atoms with Gasteiger partial charge in [-0.1, -0.05) is 62.4 Å². The number of amides is 1. The van der Waals surface area contributed by atoms with Crippen LogP contribution in [0.15, 0.2) is 69.9 Å². The third kappa shape index (κ3) is 4.16. The van der Waals surface area contributed by atoms with E-state index >= 15 is 0 Å². The van der Waals surface area contributed by atoms with Gasteiger partial charge in [0.2, 0.25) is 0 Å². The Kier molecular flexibility index (Phi) is 5.85. The van der Waals surface area contributed by atoms with E-state index in [2.05, 4.69) is 9.68 Å². The summed E-state index contributed by atoms with van der Waals surface area (Å²) in [5.74, 6) is 0.274. The van der Waals surface area contributed by atoms with E-state index < -0.39 is 15.8 Å². The lowest BCUT2D eigenvalue weighted by Crippen LogP contribution is -2.55. The van der Waals surface area contributed by atoms with Crippen LogP contribution in [0.3, 0.4) is 0 Å². The van der Waals surface area contributed by atoms with Gasteiger partial charge in [-0.15, -0.1) is 0 Å². The summed E-state index contributed by atoms with van der Waals surface area (Å²) in [5.41, 5.74) is 1.06. The smallest absolute Gasteiger partial charge is 0.407 e. The third-order valence-corrected chi connectivity index (χ3v) is 7.40. The third-order valence-electron chi connectivity index (χ3n) is 4.99. The molecule has 0 spiro atoms. The van der Waals surface area contributed by atoms with Crippen molar-refractivity contribution >= 4 is 15.8 Å². The van der Waals surface area contributed by atoms with Crippen LogP contribution in [0.5, 0.6) is 0 Å². The van der Waals surface area contributed by atoms with Gasteiger partial charge in [-0.2, -0.15) is 0 Å². The lowest BCUT2D eigenvalue weighted by Gasteiger charge is -2.40. The zero-order valence-electron chi connectivity index (χ0n) is 15.9. The van der Waals surface area contributed by atoms with Gasteiger partial charge in [-0.3, -0.25) is 0 Å². The fourth-order valence-corrected chi connectivity index (χ4v) is 5.56. The number of benzene rings is 2. The minimum atomic E-state index is -2.66. The van der Waals surface area contributed by atoms with Crippen molar-refractivity contribution in [3.8, 4) is 0 Å². The van der Waals surface area contributed by atoms with E-state index in [0.29, 0.717) is 4.90 Å². The number of hydrogen-bond acceptors (Lipinski definition) is 4. The SMILES string of the molecule is CN=S(=O)(C[C@H]1NC(=O)O[C@@H](C(C)C)[C@@H]1c1ccccc1)c1ccccc1. The summed E-state index contributed by atoms with van der Waals surface area (Å²) >= 11 is 0. The van der Waals surface area contributed by atoms with Crippen molar-refractivity contribution in [2.75, 3.05) is 12.8 Å². The quantitative estimate of drug-likeness (QED) is 0.843. The summed E-state index contributed by atoms with van der Waals surface area (Å²) < 4.78 is 23.5. The maximum absolute atomic E-state index is 13.6. The van der Waals surface area contributed by atoms with Gasteiger partial charge in [-0.25, -0.2) is 13.4 Å². The molecule has 0 aromatic heterocycles. The first-order valence-electron chi connectivity index (χ1n) is 9.14. The zero-order chi connectivity index (χ0) is 19.4. The fourth-order valence-electron chi connectivity index (χ4n) is 3.65. The van der Waals surface area contributed by atoms with Crippen molar-refractivity contribution in [3.05, 3.63) is 66.2 Å². The first kappa shape index (κ1) is 19.4. The Morgan fingerprint density at radius 3 is 2.22 bits per heavy atom. The normalized spacial score (nSPS) is 24.6. The molecule has 5 nitrogen and oxygen atoms in total. The summed E-state index contributed by atoms with van der Waals surface area (Å²) in [6.07, 6.45) is -0.751. The second-order valence-corrected chi connectivity index (χ2v) is 9.55. The van der Waals surface area contributed by atoms with Crippen molar-refractivity contribution in [3.63, 3.8) is 0 Å². The molecule has 0 aliphatic carbocycles. The highest BCUT2D eigenvalue weighted by molar-refractivity contribution is 7.93. The molecule has 27 heavy (non-hydrogen) atoms. The Labute approximate surface area is 161 Å². The van der Waals surface area contributed by atoms with Gasteiger partial charge < -0.3 is 10.1 Å². The molecule has 1 aliphatic rings. The molecule has 3 rings (SSSR count). The Balaban J connectivity index is 2.02. The second kappa shape index (κ2) is 8.13. The van der Waals surface area contributed by atoms with Crippen molar-refractivity contribution in [2.45, 2.75) is 36.8 Å². The molecule has 1 N–H and O–H groups in total. The number of rotatable bonds is 5. The number of cyclic esters (lactones) is 1. The monoisotopic (exact) mass is 386 g/mol. The number of carbonyl (C=O) groups excluding carboxylic acids is 1. The topological polar surface area (TPSA) is 67.8 Å². The highest BCUT2D eigenvalue weighted by Crippen LogP contribution is 2.34. The van der Waals surface area contributed by atoms with Crippen molar-refractivity contribution in [1.82, 2.24) is 5.32 Å². The van der Waals surface area contributed by atoms with Crippen molar-refractivity contribution < 1.29 is 13.7 Å². The molecule has 144 valence electrons. The number of hydrogen-bond donors (Lipinski definition) is 1. The number of carbonyl (C=O) groups is 1. The molecule has 1 unspecified atom stereocenters. The van der Waals surface area contributed by atoms with E-state index in [9.17, 15) is 9.00 Å². The molecule has 1 fully saturated rings. The molecule has 0 bridgehead atoms. The van der Waals surface area contributed by atoms with Crippen LogP contribution in [0.25, 0.3) is 0 Å². The predicted octanol–water partition coefficient (Wildman–Crippen LogP) is 4.06. The van der Waals surface area contributed by atoms with Crippen LogP contribution in [-0.4, -0.2) is 35.2 Å². The Morgan fingerprint density at radius 2 is 1.67 bits per heavy atom. The summed E-state index contributed by atoms with van der Waals surface area (Å²) in [5, 5.41) is 2.91. The summed E-state index contributed by atoms with van der Waals surface area (Å²) in [6, 6.07) is 18.9. The van der Waals surface area contributed by atoms with Gasteiger partial charge in [-0.05, 0) is 23.6 Å². The van der Waals surface area contributed by atoms with Crippen LogP contribution in [0.1, 0.15) is 25.3 Å². The average Bonchev–Trinajstić information content (AvgIpc) is 2.68. The second-order valence-electron chi connectivity index (χ2n) is 7.10. The number of nitrogens with one attached hydrogen (secondary N) is 1. The van der Waals surface area contributed by atoms with Gasteiger partial charge in [0.1, 0.15) is 6.10 Å². The number of alkyl carbamates (subject to hydrolysis) is 1. The first-order valence-corrected chi connectivity index (χ1v) is 10.8. The first-order chi connectivity index (χ1) is 12.9. The number of ether oxygens (including phenoxy) is 1. The lowest BCUT2D eigenvalue weighted by atomic mass is 9.81.